The fourth-order valence-corrected chi connectivity index (χ4v) is 4.79. The Morgan fingerprint density at radius 3 is 2.52 bits per heavy atom. The van der Waals surface area contributed by atoms with Crippen molar-refractivity contribution in [2.24, 2.45) is 0 Å². The lowest BCUT2D eigenvalue weighted by Gasteiger charge is -2.33. The predicted molar refractivity (Wildman–Crippen MR) is 115 cm³/mol. The van der Waals surface area contributed by atoms with Crippen molar-refractivity contribution in [1.82, 2.24) is 19.3 Å². The molecule has 10 heteroatoms. The van der Waals surface area contributed by atoms with Crippen LogP contribution in [0.5, 0.6) is 0 Å². The van der Waals surface area contributed by atoms with Gasteiger partial charge in [-0.3, -0.25) is 9.78 Å². The number of nitrogens with one attached hydrogen (secondary N) is 1. The van der Waals surface area contributed by atoms with Gasteiger partial charge in [0.05, 0.1) is 4.90 Å². The van der Waals surface area contributed by atoms with Gasteiger partial charge in [-0.05, 0) is 42.9 Å². The molecule has 0 spiro atoms. The van der Waals surface area contributed by atoms with Crippen LogP contribution in [0.2, 0.25) is 0 Å². The van der Waals surface area contributed by atoms with Crippen LogP contribution in [-0.2, 0) is 10.0 Å². The first-order valence-corrected chi connectivity index (χ1v) is 11.4. The Hall–Kier alpha value is -3.08. The average molecular weight is 442 g/mol. The van der Waals surface area contributed by atoms with Gasteiger partial charge in [0.2, 0.25) is 10.0 Å². The lowest BCUT2D eigenvalue weighted by atomic mass is 10.2. The van der Waals surface area contributed by atoms with Crippen molar-refractivity contribution in [2.75, 3.05) is 38.0 Å². The van der Waals surface area contributed by atoms with Crippen molar-refractivity contribution in [3.8, 4) is 11.3 Å². The molecule has 0 saturated carbocycles. The lowest BCUT2D eigenvalue weighted by molar-refractivity contribution is 0.101. The molecule has 1 amide bonds. The Kier molecular flexibility index (Phi) is 6.12. The maximum Gasteiger partial charge on any atom is 0.277 e. The number of pyridine rings is 1. The second-order valence-electron chi connectivity index (χ2n) is 7.13. The molecule has 1 fully saturated rings. The summed E-state index contributed by atoms with van der Waals surface area (Å²) in [6.45, 7) is 5.37. The van der Waals surface area contributed by atoms with Crippen molar-refractivity contribution in [3.05, 3.63) is 60.6 Å². The van der Waals surface area contributed by atoms with Gasteiger partial charge >= 0.3 is 0 Å². The number of anilines is 1. The Balaban J connectivity index is 1.42. The van der Waals surface area contributed by atoms with E-state index >= 15 is 0 Å². The van der Waals surface area contributed by atoms with Gasteiger partial charge in [0.1, 0.15) is 0 Å². The molecular formula is C21H23N5O4S. The number of nitrogens with zero attached hydrogens (tertiary/aromatic N) is 4. The molecule has 3 aromatic rings. The zero-order valence-corrected chi connectivity index (χ0v) is 17.9. The van der Waals surface area contributed by atoms with Gasteiger partial charge in [0.25, 0.3) is 5.91 Å². The number of carbonyl (C=O) groups is 1. The van der Waals surface area contributed by atoms with E-state index < -0.39 is 15.9 Å². The molecule has 0 unspecified atom stereocenters. The summed E-state index contributed by atoms with van der Waals surface area (Å²) in [6, 6.07) is 11.2. The highest BCUT2D eigenvalue weighted by atomic mass is 32.2. The SMILES string of the molecule is CCN1CCN(S(=O)(=O)c2ccc(NC(=O)c3cc(-c4cccnc4)on3)cc2)CC1. The van der Waals surface area contributed by atoms with E-state index in [0.29, 0.717) is 30.1 Å². The molecule has 0 aliphatic carbocycles. The van der Waals surface area contributed by atoms with Crippen molar-refractivity contribution in [2.45, 2.75) is 11.8 Å². The predicted octanol–water partition coefficient (Wildman–Crippen LogP) is 2.32. The molecule has 9 nitrogen and oxygen atoms in total. The third-order valence-corrected chi connectivity index (χ3v) is 7.13. The van der Waals surface area contributed by atoms with E-state index in [-0.39, 0.29) is 10.6 Å². The molecule has 162 valence electrons. The van der Waals surface area contributed by atoms with E-state index in [0.717, 1.165) is 19.6 Å². The molecule has 1 saturated heterocycles. The minimum absolute atomic E-state index is 0.115. The summed E-state index contributed by atoms with van der Waals surface area (Å²) in [5, 5.41) is 6.50. The molecule has 3 heterocycles. The lowest BCUT2D eigenvalue weighted by Crippen LogP contribution is -2.48. The van der Waals surface area contributed by atoms with Crippen LogP contribution in [0.1, 0.15) is 17.4 Å². The summed E-state index contributed by atoms with van der Waals surface area (Å²) in [4.78, 5) is 18.9. The highest BCUT2D eigenvalue weighted by molar-refractivity contribution is 7.89. The molecule has 0 bridgehead atoms. The normalized spacial score (nSPS) is 15.6. The number of rotatable bonds is 6. The zero-order chi connectivity index (χ0) is 21.8. The minimum atomic E-state index is -3.56. The molecule has 2 aromatic heterocycles. The Labute approximate surface area is 180 Å². The first-order valence-electron chi connectivity index (χ1n) is 9.98. The average Bonchev–Trinajstić information content (AvgIpc) is 3.31. The van der Waals surface area contributed by atoms with E-state index in [1.165, 1.54) is 22.5 Å². The summed E-state index contributed by atoms with van der Waals surface area (Å²) >= 11 is 0. The molecular weight excluding hydrogens is 418 g/mol. The van der Waals surface area contributed by atoms with Crippen LogP contribution < -0.4 is 5.32 Å². The molecule has 1 aliphatic rings. The smallest absolute Gasteiger partial charge is 0.277 e. The summed E-state index contributed by atoms with van der Waals surface area (Å²) in [5.74, 6) is -0.0203. The summed E-state index contributed by atoms with van der Waals surface area (Å²) in [5.41, 5.74) is 1.29. The molecule has 1 aromatic carbocycles. The number of likely N-dealkylation sites (N-methyl/N-ethyl adjacent to an activating group) is 1. The number of hydrogen-bond donors (Lipinski definition) is 1. The van der Waals surface area contributed by atoms with E-state index in [4.69, 9.17) is 4.52 Å². The van der Waals surface area contributed by atoms with Gasteiger partial charge in [0, 0.05) is 55.9 Å². The molecule has 0 radical (unpaired) electrons. The third kappa shape index (κ3) is 4.66. The largest absolute Gasteiger partial charge is 0.355 e. The van der Waals surface area contributed by atoms with Crippen LogP contribution in [0.3, 0.4) is 0 Å². The van der Waals surface area contributed by atoms with Crippen molar-refractivity contribution < 1.29 is 17.7 Å². The fraction of sp³-hybridized carbons (Fsp3) is 0.286. The van der Waals surface area contributed by atoms with Crippen LogP contribution in [0.25, 0.3) is 11.3 Å². The fourth-order valence-electron chi connectivity index (χ4n) is 3.37. The first-order chi connectivity index (χ1) is 15.0. The number of sulfonamides is 1. The number of carbonyl (C=O) groups excluding carboxylic acids is 1. The zero-order valence-electron chi connectivity index (χ0n) is 17.1. The molecule has 1 N–H and O–H groups in total. The van der Waals surface area contributed by atoms with Gasteiger partial charge in [-0.25, -0.2) is 8.42 Å². The van der Waals surface area contributed by atoms with Crippen LogP contribution in [0.4, 0.5) is 5.69 Å². The van der Waals surface area contributed by atoms with Crippen molar-refractivity contribution in [3.63, 3.8) is 0 Å². The van der Waals surface area contributed by atoms with Gasteiger partial charge in [-0.15, -0.1) is 0 Å². The number of hydrogen-bond acceptors (Lipinski definition) is 7. The Bertz CT molecular complexity index is 1140. The maximum atomic E-state index is 12.9. The van der Waals surface area contributed by atoms with Gasteiger partial charge in [0.15, 0.2) is 11.5 Å². The molecule has 31 heavy (non-hydrogen) atoms. The second kappa shape index (κ2) is 8.96. The first kappa shape index (κ1) is 21.2. The van der Waals surface area contributed by atoms with Gasteiger partial charge < -0.3 is 14.7 Å². The highest BCUT2D eigenvalue weighted by Gasteiger charge is 2.28. The van der Waals surface area contributed by atoms with E-state index in [9.17, 15) is 13.2 Å². The molecule has 4 rings (SSSR count). The summed E-state index contributed by atoms with van der Waals surface area (Å²) in [7, 11) is -3.56. The van der Waals surface area contributed by atoms with Gasteiger partial charge in [-0.1, -0.05) is 12.1 Å². The summed E-state index contributed by atoms with van der Waals surface area (Å²) in [6.07, 6.45) is 3.26. The standard InChI is InChI=1S/C21H23N5O4S/c1-2-25-10-12-26(13-11-25)31(28,29)18-7-5-17(6-8-18)23-21(27)19-14-20(30-24-19)16-4-3-9-22-15-16/h3-9,14-15H,2,10-13H2,1H3,(H,23,27). The van der Waals surface area contributed by atoms with E-state index in [1.807, 2.05) is 0 Å². The number of aromatic nitrogens is 2. The number of amides is 1. The van der Waals surface area contributed by atoms with Crippen LogP contribution in [0, 0.1) is 0 Å². The van der Waals surface area contributed by atoms with Crippen molar-refractivity contribution in [1.29, 1.82) is 0 Å². The maximum absolute atomic E-state index is 12.9. The van der Waals surface area contributed by atoms with Crippen LogP contribution in [0.15, 0.2) is 64.3 Å². The topological polar surface area (TPSA) is 109 Å². The Morgan fingerprint density at radius 2 is 1.87 bits per heavy atom. The van der Waals surface area contributed by atoms with Crippen molar-refractivity contribution >= 4 is 21.6 Å². The monoisotopic (exact) mass is 441 g/mol. The van der Waals surface area contributed by atoms with Crippen LogP contribution in [-0.4, -0.2) is 66.4 Å². The summed E-state index contributed by atoms with van der Waals surface area (Å²) < 4.78 is 32.5. The highest BCUT2D eigenvalue weighted by Crippen LogP contribution is 2.22. The third-order valence-electron chi connectivity index (χ3n) is 5.22. The number of benzene rings is 1. The van der Waals surface area contributed by atoms with E-state index in [2.05, 4.69) is 27.3 Å². The molecule has 1 aliphatic heterocycles. The molecule has 0 atom stereocenters. The number of piperazine rings is 1. The van der Waals surface area contributed by atoms with Gasteiger partial charge in [-0.2, -0.15) is 4.31 Å². The minimum Gasteiger partial charge on any atom is -0.355 e. The van der Waals surface area contributed by atoms with Crippen LogP contribution >= 0.6 is 0 Å². The van der Waals surface area contributed by atoms with E-state index in [1.54, 1.807) is 36.7 Å². The Morgan fingerprint density at radius 1 is 1.13 bits per heavy atom. The second-order valence-corrected chi connectivity index (χ2v) is 9.07. The quantitative estimate of drug-likeness (QED) is 0.625.